The van der Waals surface area contributed by atoms with Crippen LogP contribution in [0.2, 0.25) is 20.4 Å². The molecule has 0 saturated carbocycles. The number of nitrogens with zero attached hydrogens (tertiary/aromatic N) is 4. The molecule has 0 saturated heterocycles. The molecule has 5 nitrogen and oxygen atoms in total. The quantitative estimate of drug-likeness (QED) is 0.266. The van der Waals surface area contributed by atoms with Gasteiger partial charge in [0.2, 0.25) is 5.72 Å². The summed E-state index contributed by atoms with van der Waals surface area (Å²) in [6, 6.07) is 14.2. The summed E-state index contributed by atoms with van der Waals surface area (Å²) in [5.41, 5.74) is -1.34. The van der Waals surface area contributed by atoms with Crippen LogP contribution in [-0.4, -0.2) is 40.4 Å². The number of ether oxygens (including phenoxy) is 1. The maximum atomic E-state index is 14.7. The number of aromatic nitrogens is 2. The molecule has 176 valence electrons. The number of methoxy groups -OCH3 is 1. The molecule has 5 rings (SSSR count). The van der Waals surface area contributed by atoms with Gasteiger partial charge < -0.3 is 4.74 Å². The second-order valence-electron chi connectivity index (χ2n) is 7.64. The minimum absolute atomic E-state index is 0.00667. The van der Waals surface area contributed by atoms with Gasteiger partial charge in [-0.3, -0.25) is 14.1 Å². The third-order valence-corrected chi connectivity index (χ3v) is 7.52. The predicted octanol–water partition coefficient (Wildman–Crippen LogP) is 7.57. The van der Waals surface area contributed by atoms with E-state index in [0.717, 1.165) is 0 Å². The monoisotopic (exact) mass is 542 g/mol. The summed E-state index contributed by atoms with van der Waals surface area (Å²) in [6.07, 6.45) is -1.47. The van der Waals surface area contributed by atoms with Gasteiger partial charge in [-0.05, 0) is 12.1 Å². The Kier molecular flexibility index (Phi) is 5.81. The van der Waals surface area contributed by atoms with Crippen LogP contribution in [0.3, 0.4) is 0 Å². The van der Waals surface area contributed by atoms with Gasteiger partial charge in [0.15, 0.2) is 5.71 Å². The molecule has 1 unspecified atom stereocenters. The van der Waals surface area contributed by atoms with Crippen molar-refractivity contribution in [2.75, 3.05) is 14.2 Å². The third-order valence-electron chi connectivity index (χ3n) is 5.84. The Morgan fingerprint density at radius 3 is 2.06 bits per heavy atom. The summed E-state index contributed by atoms with van der Waals surface area (Å²) in [4.78, 5) is 0. The van der Waals surface area contributed by atoms with E-state index in [1.807, 2.05) is 6.07 Å². The Bertz CT molecular complexity index is 1510. The number of hydrogen-bond acceptors (Lipinski definition) is 3. The smallest absolute Gasteiger partial charge is 0.283 e. The van der Waals surface area contributed by atoms with Crippen LogP contribution in [0.5, 0.6) is 0 Å². The number of rotatable bonds is 4. The molecule has 0 bridgehead atoms. The highest BCUT2D eigenvalue weighted by molar-refractivity contribution is 6.46. The fourth-order valence-electron chi connectivity index (χ4n) is 4.47. The van der Waals surface area contributed by atoms with Crippen molar-refractivity contribution in [2.45, 2.75) is 12.2 Å². The highest BCUT2D eigenvalue weighted by Gasteiger charge is 2.52. The number of para-hydroxylation sites is 2. The molecular weight excluding hydrogens is 528 g/mol. The third kappa shape index (κ3) is 3.11. The van der Waals surface area contributed by atoms with Gasteiger partial charge >= 0.3 is 0 Å². The van der Waals surface area contributed by atoms with Crippen molar-refractivity contribution in [3.05, 3.63) is 75.1 Å². The molecule has 34 heavy (non-hydrogen) atoms. The maximum absolute atomic E-state index is 14.7. The van der Waals surface area contributed by atoms with Crippen LogP contribution in [-0.2, 0) is 10.5 Å². The SMILES string of the molecule is COC1(n2c(Cl)c(Cl)c3ccccc32)C(n2c(Cl)c(Cl)c3ccccc32)=CN(C)N=C1C(F)F. The van der Waals surface area contributed by atoms with Crippen molar-refractivity contribution in [2.24, 2.45) is 5.10 Å². The lowest BCUT2D eigenvalue weighted by Crippen LogP contribution is -2.52. The Hall–Kier alpha value is -2.29. The summed E-state index contributed by atoms with van der Waals surface area (Å²) in [6.45, 7) is 0. The summed E-state index contributed by atoms with van der Waals surface area (Å²) < 4.78 is 38.3. The first-order valence-electron chi connectivity index (χ1n) is 10.0. The molecule has 0 spiro atoms. The van der Waals surface area contributed by atoms with E-state index in [1.54, 1.807) is 53.2 Å². The largest absolute Gasteiger partial charge is 0.348 e. The summed E-state index contributed by atoms with van der Waals surface area (Å²) in [7, 11) is 2.84. The number of alkyl halides is 2. The zero-order chi connectivity index (χ0) is 24.4. The molecule has 0 aliphatic carbocycles. The second kappa shape index (κ2) is 8.43. The van der Waals surface area contributed by atoms with Crippen LogP contribution < -0.4 is 0 Å². The Balaban J connectivity index is 1.96. The lowest BCUT2D eigenvalue weighted by molar-refractivity contribution is 0.0191. The fraction of sp³-hybridized carbons (Fsp3) is 0.174. The number of hydrazone groups is 1. The van der Waals surface area contributed by atoms with Crippen LogP contribution >= 0.6 is 46.4 Å². The first-order valence-corrected chi connectivity index (χ1v) is 11.5. The van der Waals surface area contributed by atoms with Crippen molar-refractivity contribution in [1.29, 1.82) is 0 Å². The molecule has 0 amide bonds. The average Bonchev–Trinajstić information content (AvgIpc) is 3.24. The molecule has 4 aromatic rings. The molecule has 1 aliphatic rings. The summed E-state index contributed by atoms with van der Waals surface area (Å²) >= 11 is 26.5. The molecule has 3 heterocycles. The van der Waals surface area contributed by atoms with Crippen molar-refractivity contribution in [1.82, 2.24) is 14.1 Å². The van der Waals surface area contributed by atoms with Gasteiger partial charge in [0, 0.05) is 31.1 Å². The zero-order valence-corrected chi connectivity index (χ0v) is 20.8. The number of benzene rings is 2. The van der Waals surface area contributed by atoms with Gasteiger partial charge in [0.25, 0.3) is 6.43 Å². The number of fused-ring (bicyclic) bond motifs is 2. The highest BCUT2D eigenvalue weighted by Crippen LogP contribution is 2.49. The van der Waals surface area contributed by atoms with Crippen LogP contribution in [0.4, 0.5) is 8.78 Å². The van der Waals surface area contributed by atoms with E-state index in [2.05, 4.69) is 5.10 Å². The van der Waals surface area contributed by atoms with Crippen LogP contribution in [0.15, 0.2) is 59.8 Å². The predicted molar refractivity (Wildman–Crippen MR) is 134 cm³/mol. The Morgan fingerprint density at radius 2 is 1.44 bits per heavy atom. The number of halogens is 6. The molecule has 0 radical (unpaired) electrons. The normalized spacial score (nSPS) is 18.8. The highest BCUT2D eigenvalue weighted by atomic mass is 35.5. The molecule has 1 aliphatic heterocycles. The van der Waals surface area contributed by atoms with Gasteiger partial charge in [-0.25, -0.2) is 8.78 Å². The molecule has 2 aromatic carbocycles. The van der Waals surface area contributed by atoms with E-state index < -0.39 is 17.9 Å². The van der Waals surface area contributed by atoms with Gasteiger partial charge in [0.1, 0.15) is 16.0 Å². The summed E-state index contributed by atoms with van der Waals surface area (Å²) in [5.74, 6) is 0. The van der Waals surface area contributed by atoms with Crippen LogP contribution in [0.25, 0.3) is 27.5 Å². The van der Waals surface area contributed by atoms with Crippen molar-refractivity contribution >= 4 is 79.6 Å². The van der Waals surface area contributed by atoms with Crippen molar-refractivity contribution in [3.8, 4) is 0 Å². The van der Waals surface area contributed by atoms with Crippen LogP contribution in [0.1, 0.15) is 0 Å². The molecule has 1 atom stereocenters. The molecule has 0 fully saturated rings. The minimum atomic E-state index is -3.02. The number of hydrogen-bond donors (Lipinski definition) is 0. The lowest BCUT2D eigenvalue weighted by Gasteiger charge is -2.41. The minimum Gasteiger partial charge on any atom is -0.348 e. The first-order chi connectivity index (χ1) is 16.2. The molecule has 0 N–H and O–H groups in total. The lowest BCUT2D eigenvalue weighted by atomic mass is 10.0. The molecule has 11 heteroatoms. The van der Waals surface area contributed by atoms with E-state index >= 15 is 0 Å². The van der Waals surface area contributed by atoms with E-state index in [-0.39, 0.29) is 26.0 Å². The van der Waals surface area contributed by atoms with E-state index in [1.165, 1.54) is 23.7 Å². The first kappa shape index (κ1) is 23.5. The zero-order valence-electron chi connectivity index (χ0n) is 17.7. The molecular formula is C23H16Cl4F2N4O. The Labute approximate surface area is 213 Å². The van der Waals surface area contributed by atoms with E-state index in [9.17, 15) is 8.78 Å². The average molecular weight is 544 g/mol. The standard InChI is InChI=1S/C23H16Cl4F2N4O/c1-31-11-16(32-14-9-5-3-7-12(14)17(24)20(32)26)23(34-2,19(30-31)22(28)29)33-15-10-6-4-8-13(15)18(25)21(33)27/h3-11,22H,1-2H3. The van der Waals surface area contributed by atoms with Gasteiger partial charge in [-0.15, -0.1) is 0 Å². The Morgan fingerprint density at radius 1 is 0.882 bits per heavy atom. The van der Waals surface area contributed by atoms with Gasteiger partial charge in [-0.1, -0.05) is 82.8 Å². The van der Waals surface area contributed by atoms with Gasteiger partial charge in [-0.2, -0.15) is 5.10 Å². The fourth-order valence-corrected chi connectivity index (χ4v) is 5.56. The van der Waals surface area contributed by atoms with E-state index in [4.69, 9.17) is 51.1 Å². The van der Waals surface area contributed by atoms with Crippen molar-refractivity contribution < 1.29 is 13.5 Å². The second-order valence-corrected chi connectivity index (χ2v) is 9.11. The topological polar surface area (TPSA) is 34.7 Å². The molecule has 2 aromatic heterocycles. The van der Waals surface area contributed by atoms with Crippen molar-refractivity contribution in [3.63, 3.8) is 0 Å². The maximum Gasteiger partial charge on any atom is 0.283 e. The summed E-state index contributed by atoms with van der Waals surface area (Å²) in [5, 5.41) is 7.20. The van der Waals surface area contributed by atoms with Gasteiger partial charge in [0.05, 0.1) is 21.1 Å². The van der Waals surface area contributed by atoms with Crippen LogP contribution in [0, 0.1) is 0 Å². The van der Waals surface area contributed by atoms with E-state index in [0.29, 0.717) is 21.8 Å².